The lowest BCUT2D eigenvalue weighted by Gasteiger charge is -2.18. The van der Waals surface area contributed by atoms with Crippen molar-refractivity contribution >= 4 is 27.3 Å². The van der Waals surface area contributed by atoms with Gasteiger partial charge in [-0.15, -0.1) is 11.3 Å². The number of hydrogen-bond acceptors (Lipinski definition) is 2. The fraction of sp³-hybridized carbons (Fsp3) is 0.714. The minimum absolute atomic E-state index is 0.418. The molecule has 1 saturated carbocycles. The summed E-state index contributed by atoms with van der Waals surface area (Å²) >= 11 is 5.43. The molecule has 0 aliphatic heterocycles. The highest BCUT2D eigenvalue weighted by molar-refractivity contribution is 9.11. The lowest BCUT2D eigenvalue weighted by atomic mass is 9.97. The van der Waals surface area contributed by atoms with Crippen LogP contribution in [-0.4, -0.2) is 7.05 Å². The van der Waals surface area contributed by atoms with Crippen LogP contribution in [0.3, 0.4) is 0 Å². The van der Waals surface area contributed by atoms with Crippen LogP contribution in [-0.2, 0) is 0 Å². The summed E-state index contributed by atoms with van der Waals surface area (Å²) in [6, 6.07) is 2.76. The monoisotopic (exact) mass is 315 g/mol. The Balaban J connectivity index is 2.34. The predicted octanol–water partition coefficient (Wildman–Crippen LogP) is 4.76. The van der Waals surface area contributed by atoms with Crippen LogP contribution in [0.4, 0.5) is 0 Å². The number of halogens is 1. The van der Waals surface area contributed by atoms with Gasteiger partial charge in [0.2, 0.25) is 0 Å². The molecule has 1 heterocycles. The van der Waals surface area contributed by atoms with E-state index in [1.165, 1.54) is 14.2 Å². The molecule has 0 amide bonds. The molecule has 17 heavy (non-hydrogen) atoms. The first-order valence-corrected chi connectivity index (χ1v) is 7.77. The molecule has 96 valence electrons. The third kappa shape index (κ3) is 1.91. The van der Waals surface area contributed by atoms with Gasteiger partial charge in [-0.3, -0.25) is 0 Å². The molecule has 1 aliphatic rings. The van der Waals surface area contributed by atoms with Crippen molar-refractivity contribution in [1.29, 1.82) is 0 Å². The first kappa shape index (κ1) is 13.6. The second kappa shape index (κ2) is 4.07. The highest BCUT2D eigenvalue weighted by atomic mass is 79.9. The lowest BCUT2D eigenvalue weighted by Crippen LogP contribution is -2.21. The van der Waals surface area contributed by atoms with Crippen LogP contribution in [0.1, 0.15) is 44.2 Å². The lowest BCUT2D eigenvalue weighted by molar-refractivity contribution is 0.437. The van der Waals surface area contributed by atoms with E-state index in [1.54, 1.807) is 0 Å². The second-order valence-electron chi connectivity index (χ2n) is 6.25. The molecule has 0 saturated heterocycles. The number of aryl methyl sites for hydroxylation is 1. The summed E-state index contributed by atoms with van der Waals surface area (Å²) in [4.78, 5) is 1.43. The van der Waals surface area contributed by atoms with Crippen molar-refractivity contribution in [3.05, 3.63) is 20.3 Å². The molecule has 1 aromatic rings. The van der Waals surface area contributed by atoms with Crippen LogP contribution in [0.25, 0.3) is 0 Å². The standard InChI is InChI=1S/C14H22BrNS/c1-8-9(7-10(15)17-8)11(16-6)12-13(2,3)14(12,4)5/h7,11-12,16H,1-6H3. The highest BCUT2D eigenvalue weighted by Crippen LogP contribution is 2.72. The Hall–Kier alpha value is 0.140. The fourth-order valence-corrected chi connectivity index (χ4v) is 5.11. The molecule has 1 unspecified atom stereocenters. The topological polar surface area (TPSA) is 12.0 Å². The Morgan fingerprint density at radius 3 is 2.12 bits per heavy atom. The molecule has 0 radical (unpaired) electrons. The average Bonchev–Trinajstić information content (AvgIpc) is 2.50. The summed E-state index contributed by atoms with van der Waals surface area (Å²) in [7, 11) is 2.08. The number of hydrogen-bond donors (Lipinski definition) is 1. The normalized spacial score (nSPS) is 23.7. The van der Waals surface area contributed by atoms with Crippen LogP contribution in [0.15, 0.2) is 9.85 Å². The van der Waals surface area contributed by atoms with Crippen molar-refractivity contribution in [3.63, 3.8) is 0 Å². The molecule has 1 atom stereocenters. The third-order valence-corrected chi connectivity index (χ3v) is 6.61. The maximum atomic E-state index is 3.60. The van der Waals surface area contributed by atoms with Gasteiger partial charge in [0, 0.05) is 10.9 Å². The maximum absolute atomic E-state index is 3.60. The van der Waals surface area contributed by atoms with Gasteiger partial charge < -0.3 is 5.32 Å². The Morgan fingerprint density at radius 2 is 1.82 bits per heavy atom. The van der Waals surface area contributed by atoms with Gasteiger partial charge in [0.25, 0.3) is 0 Å². The van der Waals surface area contributed by atoms with Crippen molar-refractivity contribution < 1.29 is 0 Å². The van der Waals surface area contributed by atoms with Gasteiger partial charge in [0.1, 0.15) is 0 Å². The quantitative estimate of drug-likeness (QED) is 0.847. The second-order valence-corrected chi connectivity index (χ2v) is 8.88. The van der Waals surface area contributed by atoms with Crippen molar-refractivity contribution in [2.24, 2.45) is 16.7 Å². The predicted molar refractivity (Wildman–Crippen MR) is 79.6 cm³/mol. The minimum Gasteiger partial charge on any atom is -0.313 e. The van der Waals surface area contributed by atoms with Crippen LogP contribution in [0, 0.1) is 23.7 Å². The Kier molecular flexibility index (Phi) is 3.25. The zero-order valence-electron chi connectivity index (χ0n) is 11.5. The molecule has 2 rings (SSSR count). The van der Waals surface area contributed by atoms with E-state index in [-0.39, 0.29) is 0 Å². The largest absolute Gasteiger partial charge is 0.313 e. The van der Waals surface area contributed by atoms with Gasteiger partial charge in [-0.05, 0) is 58.3 Å². The van der Waals surface area contributed by atoms with Crippen molar-refractivity contribution in [1.82, 2.24) is 5.32 Å². The fourth-order valence-electron chi connectivity index (χ4n) is 3.35. The van der Waals surface area contributed by atoms with Crippen LogP contribution >= 0.6 is 27.3 Å². The average molecular weight is 316 g/mol. The third-order valence-electron chi connectivity index (χ3n) is 5.04. The van der Waals surface area contributed by atoms with Crippen LogP contribution < -0.4 is 5.32 Å². The van der Waals surface area contributed by atoms with Gasteiger partial charge in [0.15, 0.2) is 0 Å². The van der Waals surface area contributed by atoms with Gasteiger partial charge in [-0.2, -0.15) is 0 Å². The van der Waals surface area contributed by atoms with Gasteiger partial charge in [-0.25, -0.2) is 0 Å². The van der Waals surface area contributed by atoms with Gasteiger partial charge in [0.05, 0.1) is 3.79 Å². The molecular formula is C14H22BrNS. The summed E-state index contributed by atoms with van der Waals surface area (Å²) in [5, 5.41) is 3.53. The first-order chi connectivity index (χ1) is 7.73. The maximum Gasteiger partial charge on any atom is 0.0704 e. The Bertz CT molecular complexity index is 419. The van der Waals surface area contributed by atoms with Crippen LogP contribution in [0.5, 0.6) is 0 Å². The molecule has 1 aliphatic carbocycles. The zero-order valence-corrected chi connectivity index (χ0v) is 13.9. The van der Waals surface area contributed by atoms with E-state index in [1.807, 2.05) is 11.3 Å². The van der Waals surface area contributed by atoms with Crippen molar-refractivity contribution in [3.8, 4) is 0 Å². The molecule has 1 nitrogen and oxygen atoms in total. The summed E-state index contributed by atoms with van der Waals surface area (Å²) < 4.78 is 1.24. The smallest absolute Gasteiger partial charge is 0.0704 e. The van der Waals surface area contributed by atoms with E-state index in [9.17, 15) is 0 Å². The van der Waals surface area contributed by atoms with Crippen molar-refractivity contribution in [2.75, 3.05) is 7.05 Å². The highest BCUT2D eigenvalue weighted by Gasteiger charge is 2.67. The Morgan fingerprint density at radius 1 is 1.29 bits per heavy atom. The number of thiophene rings is 1. The molecule has 0 spiro atoms. The number of nitrogens with one attached hydrogen (secondary N) is 1. The first-order valence-electron chi connectivity index (χ1n) is 6.16. The molecule has 1 fully saturated rings. The van der Waals surface area contributed by atoms with E-state index in [4.69, 9.17) is 0 Å². The van der Waals surface area contributed by atoms with E-state index in [0.29, 0.717) is 22.8 Å². The van der Waals surface area contributed by atoms with E-state index < -0.39 is 0 Å². The minimum atomic E-state index is 0.418. The van der Waals surface area contributed by atoms with Crippen molar-refractivity contribution in [2.45, 2.75) is 40.7 Å². The van der Waals surface area contributed by atoms with E-state index >= 15 is 0 Å². The van der Waals surface area contributed by atoms with E-state index in [0.717, 1.165) is 0 Å². The molecule has 1 aromatic heterocycles. The van der Waals surface area contributed by atoms with Crippen LogP contribution in [0.2, 0.25) is 0 Å². The Labute approximate surface area is 117 Å². The summed E-state index contributed by atoms with van der Waals surface area (Å²) in [6.45, 7) is 11.8. The summed E-state index contributed by atoms with van der Waals surface area (Å²) in [5.74, 6) is 0.709. The molecule has 0 bridgehead atoms. The summed E-state index contributed by atoms with van der Waals surface area (Å²) in [5.41, 5.74) is 2.30. The molecule has 0 aromatic carbocycles. The van der Waals surface area contributed by atoms with Gasteiger partial charge in [-0.1, -0.05) is 27.7 Å². The molecule has 3 heteroatoms. The SMILES string of the molecule is CNC(c1cc(Br)sc1C)C1C(C)(C)C1(C)C. The zero-order chi connectivity index (χ0) is 13.0. The van der Waals surface area contributed by atoms with E-state index in [2.05, 4.69) is 69.0 Å². The van der Waals surface area contributed by atoms with Gasteiger partial charge >= 0.3 is 0 Å². The number of rotatable bonds is 3. The molecular weight excluding hydrogens is 294 g/mol. The molecule has 1 N–H and O–H groups in total. The summed E-state index contributed by atoms with van der Waals surface area (Å²) in [6.07, 6.45) is 0.